The van der Waals surface area contributed by atoms with Crippen LogP contribution in [0, 0.1) is 3.57 Å². The van der Waals surface area contributed by atoms with Gasteiger partial charge in [-0.05, 0) is 53.3 Å². The number of urea groups is 1. The van der Waals surface area contributed by atoms with Gasteiger partial charge in [0.1, 0.15) is 17.1 Å². The van der Waals surface area contributed by atoms with Gasteiger partial charge in [0.2, 0.25) is 0 Å². The van der Waals surface area contributed by atoms with Crippen molar-refractivity contribution in [2.75, 3.05) is 32.8 Å². The molecular weight excluding hydrogens is 567 g/mol. The molecule has 0 aromatic heterocycles. The minimum absolute atomic E-state index is 0.0685. The number of benzene rings is 2. The van der Waals surface area contributed by atoms with Crippen LogP contribution in [-0.2, 0) is 9.59 Å². The molecule has 0 spiro atoms. The van der Waals surface area contributed by atoms with Gasteiger partial charge in [0.05, 0.1) is 42.2 Å². The van der Waals surface area contributed by atoms with Gasteiger partial charge >= 0.3 is 6.03 Å². The number of amides is 4. The van der Waals surface area contributed by atoms with Gasteiger partial charge in [0.15, 0.2) is 11.5 Å². The van der Waals surface area contributed by atoms with Crippen molar-refractivity contribution in [3.05, 3.63) is 44.0 Å². The smallest absolute Gasteiger partial charge is 0.336 e. The Hall–Kier alpha value is -2.99. The largest absolute Gasteiger partial charge is 0.495 e. The number of carbonyl (C=O) groups excluding carboxylic acids is 3. The van der Waals surface area contributed by atoms with Gasteiger partial charge in [-0.3, -0.25) is 14.9 Å². The first-order chi connectivity index (χ1) is 15.7. The predicted octanol–water partition coefficient (Wildman–Crippen LogP) is 4.04. The fourth-order valence-corrected chi connectivity index (χ4v) is 4.27. The molecule has 0 atom stereocenters. The minimum Gasteiger partial charge on any atom is -0.495 e. The summed E-state index contributed by atoms with van der Waals surface area (Å²) in [5.74, 6) is -0.300. The lowest BCUT2D eigenvalue weighted by atomic mass is 10.1. The lowest BCUT2D eigenvalue weighted by Gasteiger charge is -2.28. The van der Waals surface area contributed by atoms with Crippen LogP contribution in [0.15, 0.2) is 29.8 Å². The van der Waals surface area contributed by atoms with Gasteiger partial charge in [0.25, 0.3) is 11.8 Å². The molecule has 11 heteroatoms. The van der Waals surface area contributed by atoms with Crippen LogP contribution in [0.5, 0.6) is 23.0 Å². The summed E-state index contributed by atoms with van der Waals surface area (Å²) >= 11 is 8.20. The quantitative estimate of drug-likeness (QED) is 0.297. The SMILES string of the molecule is CCOc1cc(/C=C2\C(=O)NC(=O)N(c3cc(OC)c(Cl)cc3OC)C2=O)cc(I)c1OC. The van der Waals surface area contributed by atoms with Crippen LogP contribution in [0.4, 0.5) is 10.5 Å². The number of nitrogens with one attached hydrogen (secondary N) is 1. The van der Waals surface area contributed by atoms with Crippen LogP contribution in [-0.4, -0.2) is 45.8 Å². The zero-order valence-corrected chi connectivity index (χ0v) is 21.1. The van der Waals surface area contributed by atoms with Crippen LogP contribution < -0.4 is 29.2 Å². The van der Waals surface area contributed by atoms with E-state index < -0.39 is 17.8 Å². The number of nitrogens with zero attached hydrogens (tertiary/aromatic N) is 1. The van der Waals surface area contributed by atoms with Crippen LogP contribution in [0.1, 0.15) is 12.5 Å². The number of rotatable bonds is 7. The Morgan fingerprint density at radius 1 is 1.00 bits per heavy atom. The second-order valence-electron chi connectivity index (χ2n) is 6.58. The molecule has 0 bridgehead atoms. The maximum Gasteiger partial charge on any atom is 0.336 e. The van der Waals surface area contributed by atoms with Crippen molar-refractivity contribution < 1.29 is 33.3 Å². The standard InChI is InChI=1S/C22H20ClIN2O7/c1-5-33-18-8-11(7-14(24)19(18)32-4)6-12-20(27)25-22(29)26(21(12)28)15-10-16(30-2)13(23)9-17(15)31-3/h6-10H,5H2,1-4H3,(H,25,27,29)/b12-6+. The average Bonchev–Trinajstić information content (AvgIpc) is 2.77. The summed E-state index contributed by atoms with van der Waals surface area (Å²) in [4.78, 5) is 39.3. The Kier molecular flexibility index (Phi) is 7.69. The van der Waals surface area contributed by atoms with Crippen molar-refractivity contribution in [3.63, 3.8) is 0 Å². The number of imide groups is 2. The van der Waals surface area contributed by atoms with E-state index in [1.807, 2.05) is 6.92 Å². The number of anilines is 1. The highest BCUT2D eigenvalue weighted by Crippen LogP contribution is 2.40. The molecule has 0 aliphatic carbocycles. The lowest BCUT2D eigenvalue weighted by Crippen LogP contribution is -2.54. The summed E-state index contributed by atoms with van der Waals surface area (Å²) in [6.07, 6.45) is 1.38. The summed E-state index contributed by atoms with van der Waals surface area (Å²) in [6.45, 7) is 2.22. The molecule has 33 heavy (non-hydrogen) atoms. The van der Waals surface area contributed by atoms with Gasteiger partial charge in [-0.1, -0.05) is 11.6 Å². The van der Waals surface area contributed by atoms with Crippen LogP contribution >= 0.6 is 34.2 Å². The Balaban J connectivity index is 2.11. The maximum atomic E-state index is 13.3. The van der Waals surface area contributed by atoms with Crippen molar-refractivity contribution in [1.29, 1.82) is 0 Å². The van der Waals surface area contributed by atoms with E-state index in [1.165, 1.54) is 39.5 Å². The van der Waals surface area contributed by atoms with Gasteiger partial charge in [-0.25, -0.2) is 9.69 Å². The van der Waals surface area contributed by atoms with Crippen LogP contribution in [0.25, 0.3) is 6.08 Å². The fraction of sp³-hybridized carbons (Fsp3) is 0.227. The zero-order valence-electron chi connectivity index (χ0n) is 18.2. The number of ether oxygens (including phenoxy) is 4. The molecule has 3 rings (SSSR count). The molecule has 1 N–H and O–H groups in total. The highest BCUT2D eigenvalue weighted by Gasteiger charge is 2.38. The van der Waals surface area contributed by atoms with E-state index in [1.54, 1.807) is 12.1 Å². The first kappa shape index (κ1) is 24.6. The topological polar surface area (TPSA) is 103 Å². The van der Waals surface area contributed by atoms with Gasteiger partial charge in [0, 0.05) is 12.1 Å². The second kappa shape index (κ2) is 10.3. The molecule has 2 aromatic rings. The minimum atomic E-state index is -0.927. The van der Waals surface area contributed by atoms with Crippen LogP contribution in [0.3, 0.4) is 0 Å². The van der Waals surface area contributed by atoms with E-state index in [0.29, 0.717) is 27.2 Å². The predicted molar refractivity (Wildman–Crippen MR) is 130 cm³/mol. The van der Waals surface area contributed by atoms with E-state index >= 15 is 0 Å². The summed E-state index contributed by atoms with van der Waals surface area (Å²) in [7, 11) is 4.28. The Bertz CT molecular complexity index is 1170. The number of methoxy groups -OCH3 is 3. The van der Waals surface area contributed by atoms with E-state index in [9.17, 15) is 14.4 Å². The molecule has 9 nitrogen and oxygen atoms in total. The zero-order chi connectivity index (χ0) is 24.3. The van der Waals surface area contributed by atoms with Crippen molar-refractivity contribution in [1.82, 2.24) is 5.32 Å². The Morgan fingerprint density at radius 2 is 1.70 bits per heavy atom. The summed E-state index contributed by atoms with van der Waals surface area (Å²) in [5, 5.41) is 2.41. The summed E-state index contributed by atoms with van der Waals surface area (Å²) in [6, 6.07) is 5.24. The highest BCUT2D eigenvalue weighted by atomic mass is 127. The maximum absolute atomic E-state index is 13.3. The van der Waals surface area contributed by atoms with Gasteiger partial charge in [-0.2, -0.15) is 0 Å². The second-order valence-corrected chi connectivity index (χ2v) is 8.15. The average molecular weight is 587 g/mol. The number of hydrogen-bond acceptors (Lipinski definition) is 7. The first-order valence-corrected chi connectivity index (χ1v) is 11.0. The number of barbiturate groups is 1. The van der Waals surface area contributed by atoms with E-state index in [-0.39, 0.29) is 27.8 Å². The van der Waals surface area contributed by atoms with Crippen LogP contribution in [0.2, 0.25) is 5.02 Å². The van der Waals surface area contributed by atoms with Gasteiger partial charge in [-0.15, -0.1) is 0 Å². The molecule has 1 fully saturated rings. The third-order valence-corrected chi connectivity index (χ3v) is 5.74. The summed E-state index contributed by atoms with van der Waals surface area (Å²) < 4.78 is 22.2. The number of halogens is 2. The van der Waals surface area contributed by atoms with E-state index in [2.05, 4.69) is 27.9 Å². The Morgan fingerprint density at radius 3 is 2.30 bits per heavy atom. The number of hydrogen-bond donors (Lipinski definition) is 1. The molecule has 0 radical (unpaired) electrons. The van der Waals surface area contributed by atoms with Gasteiger partial charge < -0.3 is 18.9 Å². The number of carbonyl (C=O) groups is 3. The molecule has 0 unspecified atom stereocenters. The molecule has 1 aliphatic rings. The van der Waals surface area contributed by atoms with Crippen molar-refractivity contribution in [2.45, 2.75) is 6.92 Å². The van der Waals surface area contributed by atoms with E-state index in [0.717, 1.165) is 4.90 Å². The van der Waals surface area contributed by atoms with Crippen molar-refractivity contribution in [3.8, 4) is 23.0 Å². The van der Waals surface area contributed by atoms with Crippen molar-refractivity contribution >= 4 is 63.8 Å². The molecular formula is C22H20ClIN2O7. The van der Waals surface area contributed by atoms with E-state index in [4.69, 9.17) is 30.5 Å². The summed E-state index contributed by atoms with van der Waals surface area (Å²) in [5.41, 5.74) is 0.324. The third-order valence-electron chi connectivity index (χ3n) is 4.64. The molecule has 1 aliphatic heterocycles. The van der Waals surface area contributed by atoms with Crippen molar-refractivity contribution in [2.24, 2.45) is 0 Å². The molecule has 4 amide bonds. The molecule has 0 saturated carbocycles. The Labute approximate surface area is 208 Å². The third kappa shape index (κ3) is 4.86. The monoisotopic (exact) mass is 586 g/mol. The highest BCUT2D eigenvalue weighted by molar-refractivity contribution is 14.1. The molecule has 1 heterocycles. The molecule has 174 valence electrons. The normalized spacial score (nSPS) is 14.9. The first-order valence-electron chi connectivity index (χ1n) is 9.58. The molecule has 2 aromatic carbocycles. The lowest BCUT2D eigenvalue weighted by molar-refractivity contribution is -0.122. The fourth-order valence-electron chi connectivity index (χ4n) is 3.19. The molecule has 1 saturated heterocycles.